The van der Waals surface area contributed by atoms with E-state index in [1.165, 1.54) is 0 Å². The Bertz CT molecular complexity index is 1410. The molecule has 2 atom stereocenters. The first-order chi connectivity index (χ1) is 20.0. The Morgan fingerprint density at radius 2 is 1.98 bits per heavy atom. The molecule has 3 heterocycles. The second kappa shape index (κ2) is 12.0. The lowest BCUT2D eigenvalue weighted by molar-refractivity contribution is -0.123. The molecule has 1 saturated carbocycles. The van der Waals surface area contributed by atoms with E-state index in [4.69, 9.17) is 19.9 Å². The molecule has 1 aromatic heterocycles. The van der Waals surface area contributed by atoms with Crippen LogP contribution in [0.25, 0.3) is 0 Å². The van der Waals surface area contributed by atoms with Crippen LogP contribution in [-0.2, 0) is 16.1 Å². The molecule has 41 heavy (non-hydrogen) atoms. The molecule has 0 radical (unpaired) electrons. The highest BCUT2D eigenvalue weighted by atomic mass is 16.5. The summed E-state index contributed by atoms with van der Waals surface area (Å²) in [5, 5.41) is 5.98. The second-order valence-electron chi connectivity index (χ2n) is 10.7. The summed E-state index contributed by atoms with van der Waals surface area (Å²) in [6.07, 6.45) is 4.53. The van der Waals surface area contributed by atoms with E-state index in [-0.39, 0.29) is 42.9 Å². The number of ether oxygens (including phenoxy) is 3. The maximum Gasteiger partial charge on any atom is 0.251 e. The van der Waals surface area contributed by atoms with Crippen molar-refractivity contribution in [1.82, 2.24) is 20.6 Å². The Balaban J connectivity index is 1.23. The van der Waals surface area contributed by atoms with Crippen LogP contribution < -0.4 is 30.7 Å². The number of carbonyl (C=O) groups is 2. The fourth-order valence-electron chi connectivity index (χ4n) is 5.07. The number of nitrogens with two attached hydrogens (primary N) is 1. The summed E-state index contributed by atoms with van der Waals surface area (Å²) in [4.78, 5) is 36.4. The first-order valence-electron chi connectivity index (χ1n) is 14.1. The van der Waals surface area contributed by atoms with Gasteiger partial charge in [-0.3, -0.25) is 9.59 Å². The molecular weight excluding hydrogens is 524 g/mol. The van der Waals surface area contributed by atoms with Gasteiger partial charge in [-0.1, -0.05) is 12.1 Å². The van der Waals surface area contributed by atoms with Gasteiger partial charge in [0.2, 0.25) is 11.9 Å². The molecule has 1 aliphatic carbocycles. The topological polar surface area (TPSA) is 141 Å². The standard InChI is InChI=1S/C30H34N6O5/c31-30-33-9-6-27(35-30)36-11-8-26-25(16-36)34-28(37)7-10-32-29(38)21-13-23(39-17-19-4-5-19)15-24(14-21)41-22-3-1-2-20(12-22)18-40-26/h1-3,6,9,12-15,19,25-26H,4-5,7-8,10-11,16-18H2,(H,32,38)(H,34,37)(H2,31,33,35)/t25-,26+/m0/s1. The minimum atomic E-state index is -0.302. The zero-order valence-electron chi connectivity index (χ0n) is 22.8. The van der Waals surface area contributed by atoms with E-state index in [1.54, 1.807) is 30.5 Å². The molecule has 4 bridgehead atoms. The molecule has 4 N–H and O–H groups in total. The van der Waals surface area contributed by atoms with Crippen molar-refractivity contribution < 1.29 is 23.8 Å². The Morgan fingerprint density at radius 1 is 1.07 bits per heavy atom. The van der Waals surface area contributed by atoms with Crippen LogP contribution in [0.5, 0.6) is 17.2 Å². The molecule has 0 unspecified atom stereocenters. The quantitative estimate of drug-likeness (QED) is 0.441. The molecule has 6 rings (SSSR count). The van der Waals surface area contributed by atoms with Gasteiger partial charge in [0.05, 0.1) is 25.4 Å². The number of hydrogen-bond acceptors (Lipinski definition) is 9. The zero-order valence-corrected chi connectivity index (χ0v) is 22.8. The lowest BCUT2D eigenvalue weighted by Gasteiger charge is -2.39. The van der Waals surface area contributed by atoms with Crippen molar-refractivity contribution in [3.05, 3.63) is 65.9 Å². The number of anilines is 2. The molecule has 3 aliphatic rings. The molecule has 2 aromatic carbocycles. The summed E-state index contributed by atoms with van der Waals surface area (Å²) in [7, 11) is 0. The van der Waals surface area contributed by atoms with Gasteiger partial charge >= 0.3 is 0 Å². The smallest absolute Gasteiger partial charge is 0.251 e. The van der Waals surface area contributed by atoms with E-state index in [0.717, 1.165) is 18.4 Å². The Hall–Kier alpha value is -4.38. The molecule has 3 aromatic rings. The summed E-state index contributed by atoms with van der Waals surface area (Å²) in [6.45, 7) is 2.33. The van der Waals surface area contributed by atoms with E-state index in [1.807, 2.05) is 24.3 Å². The Morgan fingerprint density at radius 3 is 2.83 bits per heavy atom. The average Bonchev–Trinajstić information content (AvgIpc) is 3.80. The first kappa shape index (κ1) is 26.8. The number of fused-ring (bicyclic) bond motifs is 5. The third-order valence-corrected chi connectivity index (χ3v) is 7.44. The third kappa shape index (κ3) is 7.04. The largest absolute Gasteiger partial charge is 0.493 e. The maximum absolute atomic E-state index is 13.1. The van der Waals surface area contributed by atoms with Crippen molar-refractivity contribution in [2.24, 2.45) is 5.92 Å². The number of amides is 2. The molecule has 1 saturated heterocycles. The molecule has 2 fully saturated rings. The van der Waals surface area contributed by atoms with E-state index >= 15 is 0 Å². The second-order valence-corrected chi connectivity index (χ2v) is 10.7. The summed E-state index contributed by atoms with van der Waals surface area (Å²) in [5.41, 5.74) is 7.14. The van der Waals surface area contributed by atoms with Gasteiger partial charge in [-0.15, -0.1) is 0 Å². The highest BCUT2D eigenvalue weighted by Gasteiger charge is 2.32. The number of nitrogen functional groups attached to an aromatic ring is 1. The Labute approximate surface area is 238 Å². The predicted octanol–water partition coefficient (Wildman–Crippen LogP) is 3.05. The molecule has 0 spiro atoms. The first-order valence-corrected chi connectivity index (χ1v) is 14.1. The number of rotatable bonds is 4. The normalized spacial score (nSPS) is 21.5. The van der Waals surface area contributed by atoms with Crippen LogP contribution in [-0.4, -0.2) is 60.2 Å². The van der Waals surface area contributed by atoms with Gasteiger partial charge in [-0.25, -0.2) is 4.98 Å². The SMILES string of the molecule is Nc1nccc(N2CC[C@H]3OCc4cccc(c4)Oc4cc(OCC5CC5)cc(c4)C(=O)NCCC(=O)N[C@H]3C2)n1. The molecular formula is C30H34N6O5. The monoisotopic (exact) mass is 558 g/mol. The van der Waals surface area contributed by atoms with Crippen molar-refractivity contribution >= 4 is 23.6 Å². The van der Waals surface area contributed by atoms with Crippen LogP contribution in [0.15, 0.2) is 54.7 Å². The van der Waals surface area contributed by atoms with Crippen LogP contribution in [0.3, 0.4) is 0 Å². The van der Waals surface area contributed by atoms with Crippen molar-refractivity contribution in [3.8, 4) is 17.2 Å². The maximum atomic E-state index is 13.1. The van der Waals surface area contributed by atoms with Crippen LogP contribution in [0.4, 0.5) is 11.8 Å². The molecule has 2 aliphatic heterocycles. The van der Waals surface area contributed by atoms with Gasteiger partial charge in [0, 0.05) is 43.9 Å². The van der Waals surface area contributed by atoms with E-state index in [2.05, 4.69) is 25.5 Å². The van der Waals surface area contributed by atoms with Gasteiger partial charge < -0.3 is 35.5 Å². The average molecular weight is 559 g/mol. The summed E-state index contributed by atoms with van der Waals surface area (Å²) < 4.78 is 18.5. The van der Waals surface area contributed by atoms with Gasteiger partial charge in [-0.2, -0.15) is 4.98 Å². The molecule has 2 amide bonds. The zero-order chi connectivity index (χ0) is 28.2. The van der Waals surface area contributed by atoms with Gasteiger partial charge in [0.25, 0.3) is 5.91 Å². The minimum absolute atomic E-state index is 0.122. The van der Waals surface area contributed by atoms with Crippen LogP contribution in [0.2, 0.25) is 0 Å². The van der Waals surface area contributed by atoms with Gasteiger partial charge in [0.15, 0.2) is 0 Å². The number of piperidine rings is 1. The fraction of sp³-hybridized carbons (Fsp3) is 0.400. The van der Waals surface area contributed by atoms with Crippen LogP contribution in [0.1, 0.15) is 41.6 Å². The van der Waals surface area contributed by atoms with Gasteiger partial charge in [0.1, 0.15) is 23.1 Å². The van der Waals surface area contributed by atoms with Crippen molar-refractivity contribution in [2.75, 3.05) is 36.9 Å². The van der Waals surface area contributed by atoms with Crippen molar-refractivity contribution in [1.29, 1.82) is 0 Å². The van der Waals surface area contributed by atoms with Crippen molar-refractivity contribution in [3.63, 3.8) is 0 Å². The van der Waals surface area contributed by atoms with Crippen LogP contribution >= 0.6 is 0 Å². The predicted molar refractivity (Wildman–Crippen MR) is 152 cm³/mol. The van der Waals surface area contributed by atoms with E-state index in [9.17, 15) is 9.59 Å². The summed E-state index contributed by atoms with van der Waals surface area (Å²) >= 11 is 0. The van der Waals surface area contributed by atoms with Crippen LogP contribution in [0, 0.1) is 5.92 Å². The number of nitrogens with one attached hydrogen (secondary N) is 2. The fourth-order valence-corrected chi connectivity index (χ4v) is 5.07. The Kier molecular flexibility index (Phi) is 7.86. The van der Waals surface area contributed by atoms with E-state index in [0.29, 0.717) is 67.3 Å². The van der Waals surface area contributed by atoms with E-state index < -0.39 is 0 Å². The number of aromatic nitrogens is 2. The molecule has 214 valence electrons. The number of benzene rings is 2. The molecule has 11 heteroatoms. The lowest BCUT2D eigenvalue weighted by Crippen LogP contribution is -2.56. The van der Waals surface area contributed by atoms with Crippen molar-refractivity contribution in [2.45, 2.75) is 44.4 Å². The number of hydrogen-bond donors (Lipinski definition) is 3. The summed E-state index contributed by atoms with van der Waals surface area (Å²) in [5.74, 6) is 2.69. The number of nitrogens with zero attached hydrogens (tertiary/aromatic N) is 3. The minimum Gasteiger partial charge on any atom is -0.493 e. The highest BCUT2D eigenvalue weighted by Crippen LogP contribution is 2.32. The summed E-state index contributed by atoms with van der Waals surface area (Å²) in [6, 6.07) is 14.4. The molecule has 11 nitrogen and oxygen atoms in total. The number of carbonyl (C=O) groups excluding carboxylic acids is 2. The highest BCUT2D eigenvalue weighted by molar-refractivity contribution is 5.95. The van der Waals surface area contributed by atoms with Gasteiger partial charge in [-0.05, 0) is 61.1 Å². The lowest BCUT2D eigenvalue weighted by atomic mass is 10.0. The third-order valence-electron chi connectivity index (χ3n) is 7.44.